The van der Waals surface area contributed by atoms with Crippen LogP contribution in [0.2, 0.25) is 0 Å². The normalized spacial score (nSPS) is 22.4. The molecule has 1 aromatic carbocycles. The smallest absolute Gasteiger partial charge is 0.229 e. The molecule has 0 spiro atoms. The number of hydrogen-bond acceptors (Lipinski definition) is 5. The average Bonchev–Trinajstić information content (AvgIpc) is 3.56. The van der Waals surface area contributed by atoms with E-state index in [0.29, 0.717) is 10.8 Å². The summed E-state index contributed by atoms with van der Waals surface area (Å²) in [6.07, 6.45) is 7.38. The summed E-state index contributed by atoms with van der Waals surface area (Å²) < 4.78 is 34.3. The van der Waals surface area contributed by atoms with Crippen molar-refractivity contribution >= 4 is 38.7 Å². The quantitative estimate of drug-likeness (QED) is 0.465. The molecule has 2 aliphatic rings. The monoisotopic (exact) mass is 511 g/mol. The number of aromatic nitrogens is 2. The third kappa shape index (κ3) is 5.05. The molecule has 35 heavy (non-hydrogen) atoms. The molecule has 3 unspecified atom stereocenters. The number of aryl methyl sites for hydroxylation is 1. The maximum atomic E-state index is 11.8. The number of anilines is 2. The first kappa shape index (κ1) is 23.8. The lowest BCUT2D eigenvalue weighted by molar-refractivity contribution is 0.0961. The van der Waals surface area contributed by atoms with Crippen LogP contribution >= 0.6 is 12.2 Å². The Morgan fingerprint density at radius 2 is 2.09 bits per heavy atom. The number of nitrogens with zero attached hydrogens (tertiary/aromatic N) is 3. The van der Waals surface area contributed by atoms with E-state index in [1.165, 1.54) is 0 Å². The second-order valence-electron chi connectivity index (χ2n) is 9.09. The highest BCUT2D eigenvalue weighted by Gasteiger charge is 2.42. The van der Waals surface area contributed by atoms with Gasteiger partial charge < -0.3 is 19.5 Å². The van der Waals surface area contributed by atoms with Gasteiger partial charge in [0, 0.05) is 36.9 Å². The van der Waals surface area contributed by atoms with Crippen LogP contribution in [0.15, 0.2) is 60.9 Å². The van der Waals surface area contributed by atoms with Gasteiger partial charge in [-0.2, -0.15) is 0 Å². The molecule has 5 rings (SSSR count). The minimum atomic E-state index is -3.38. The zero-order valence-electron chi connectivity index (χ0n) is 19.7. The molecule has 2 saturated heterocycles. The molecule has 3 atom stereocenters. The molecule has 0 amide bonds. The van der Waals surface area contributed by atoms with Crippen molar-refractivity contribution in [3.05, 3.63) is 77.9 Å². The summed E-state index contributed by atoms with van der Waals surface area (Å²) in [5.74, 6) is 0. The summed E-state index contributed by atoms with van der Waals surface area (Å²) in [7, 11) is -3.38. The van der Waals surface area contributed by atoms with Crippen LogP contribution in [0.1, 0.15) is 41.9 Å². The number of hydrogen-bond donors (Lipinski definition) is 2. The Morgan fingerprint density at radius 3 is 2.77 bits per heavy atom. The van der Waals surface area contributed by atoms with Crippen LogP contribution < -0.4 is 14.9 Å². The Morgan fingerprint density at radius 1 is 1.23 bits per heavy atom. The number of sulfonamides is 1. The first-order valence-corrected chi connectivity index (χ1v) is 14.0. The van der Waals surface area contributed by atoms with E-state index in [-0.39, 0.29) is 18.2 Å². The van der Waals surface area contributed by atoms with Gasteiger partial charge in [-0.05, 0) is 80.0 Å². The van der Waals surface area contributed by atoms with E-state index in [0.717, 1.165) is 54.9 Å². The molecule has 2 aromatic heterocycles. The molecule has 0 saturated carbocycles. The molecular weight excluding hydrogens is 482 g/mol. The first-order valence-electron chi connectivity index (χ1n) is 11.7. The number of thiocarbonyl (C=S) groups is 1. The molecule has 4 heterocycles. The van der Waals surface area contributed by atoms with Gasteiger partial charge in [0.2, 0.25) is 10.0 Å². The predicted molar refractivity (Wildman–Crippen MR) is 141 cm³/mol. The number of pyridine rings is 1. The van der Waals surface area contributed by atoms with E-state index >= 15 is 0 Å². The molecule has 3 aromatic rings. The maximum Gasteiger partial charge on any atom is 0.229 e. The molecule has 2 N–H and O–H groups in total. The molecule has 184 valence electrons. The van der Waals surface area contributed by atoms with Crippen molar-refractivity contribution < 1.29 is 13.2 Å². The zero-order valence-corrected chi connectivity index (χ0v) is 21.3. The van der Waals surface area contributed by atoms with E-state index in [1.54, 1.807) is 12.3 Å². The maximum absolute atomic E-state index is 11.8. The van der Waals surface area contributed by atoms with Crippen LogP contribution in [-0.2, 0) is 21.3 Å². The summed E-state index contributed by atoms with van der Waals surface area (Å²) in [6.45, 7) is 3.48. The highest BCUT2D eigenvalue weighted by Crippen LogP contribution is 2.42. The van der Waals surface area contributed by atoms with Gasteiger partial charge >= 0.3 is 0 Å². The van der Waals surface area contributed by atoms with Crippen LogP contribution in [0.4, 0.5) is 11.4 Å². The summed E-state index contributed by atoms with van der Waals surface area (Å²) in [5.41, 5.74) is 4.26. The standard InChI is InChI=1S/C25H29N5O3S2/c1-17-15-18(10-11-20(17)28-35(2,31)32)30-24(23(27-25(30)34)21-8-3-4-12-26-21)22-9-5-13-29(22)16-19-7-6-14-33-19/h3-5,8-13,15,19,23-24,28H,6-7,14,16H2,1-2H3,(H,27,34). The fourth-order valence-electron chi connectivity index (χ4n) is 4.92. The largest absolute Gasteiger partial charge is 0.376 e. The minimum absolute atomic E-state index is 0.151. The summed E-state index contributed by atoms with van der Waals surface area (Å²) in [5, 5.41) is 4.09. The lowest BCUT2D eigenvalue weighted by Crippen LogP contribution is -2.31. The second kappa shape index (κ2) is 9.60. The van der Waals surface area contributed by atoms with Crippen molar-refractivity contribution in [3.8, 4) is 0 Å². The Hall–Kier alpha value is -2.95. The van der Waals surface area contributed by atoms with Crippen molar-refractivity contribution in [1.29, 1.82) is 0 Å². The van der Waals surface area contributed by atoms with Crippen LogP contribution in [0.3, 0.4) is 0 Å². The topological polar surface area (TPSA) is 88.5 Å². The van der Waals surface area contributed by atoms with Gasteiger partial charge in [-0.25, -0.2) is 8.42 Å². The van der Waals surface area contributed by atoms with E-state index < -0.39 is 10.0 Å². The van der Waals surface area contributed by atoms with E-state index in [9.17, 15) is 8.42 Å². The Kier molecular flexibility index (Phi) is 6.52. The Balaban J connectivity index is 1.56. The van der Waals surface area contributed by atoms with Crippen molar-refractivity contribution in [2.45, 2.75) is 44.5 Å². The number of nitrogens with one attached hydrogen (secondary N) is 2. The number of benzene rings is 1. The Bertz CT molecular complexity index is 1320. The summed E-state index contributed by atoms with van der Waals surface area (Å²) >= 11 is 5.84. The summed E-state index contributed by atoms with van der Waals surface area (Å²) in [6, 6.07) is 15.4. The lowest BCUT2D eigenvalue weighted by atomic mass is 10.0. The highest BCUT2D eigenvalue weighted by atomic mass is 32.2. The molecular formula is C25H29N5O3S2. The van der Waals surface area contributed by atoms with Gasteiger partial charge in [-0.1, -0.05) is 6.07 Å². The predicted octanol–water partition coefficient (Wildman–Crippen LogP) is 3.92. The van der Waals surface area contributed by atoms with Gasteiger partial charge in [0.25, 0.3) is 0 Å². The van der Waals surface area contributed by atoms with Crippen molar-refractivity contribution in [3.63, 3.8) is 0 Å². The third-order valence-electron chi connectivity index (χ3n) is 6.47. The van der Waals surface area contributed by atoms with Gasteiger partial charge in [0.05, 0.1) is 29.8 Å². The van der Waals surface area contributed by atoms with Gasteiger partial charge in [0.15, 0.2) is 5.11 Å². The van der Waals surface area contributed by atoms with Crippen LogP contribution in [0.5, 0.6) is 0 Å². The van der Waals surface area contributed by atoms with E-state index in [2.05, 4.69) is 42.8 Å². The number of ether oxygens (including phenoxy) is 1. The van der Waals surface area contributed by atoms with Gasteiger partial charge in [-0.15, -0.1) is 0 Å². The fraction of sp³-hybridized carbons (Fsp3) is 0.360. The second-order valence-corrected chi connectivity index (χ2v) is 11.2. The molecule has 2 aliphatic heterocycles. The lowest BCUT2D eigenvalue weighted by Gasteiger charge is -2.30. The SMILES string of the molecule is Cc1cc(N2C(=S)NC(c3ccccn3)C2c2cccn2CC2CCCO2)ccc1NS(C)(=O)=O. The van der Waals surface area contributed by atoms with E-state index in [1.807, 2.05) is 37.3 Å². The first-order chi connectivity index (χ1) is 16.8. The van der Waals surface area contributed by atoms with Gasteiger partial charge in [-0.3, -0.25) is 9.71 Å². The zero-order chi connectivity index (χ0) is 24.6. The Labute approximate surface area is 211 Å². The molecule has 0 aliphatic carbocycles. The molecule has 2 fully saturated rings. The van der Waals surface area contributed by atoms with Crippen LogP contribution in [0.25, 0.3) is 0 Å². The molecule has 10 heteroatoms. The third-order valence-corrected chi connectivity index (χ3v) is 7.38. The van der Waals surface area contributed by atoms with Crippen LogP contribution in [0, 0.1) is 6.92 Å². The van der Waals surface area contributed by atoms with Crippen molar-refractivity contribution in [1.82, 2.24) is 14.9 Å². The van der Waals surface area contributed by atoms with Gasteiger partial charge in [0.1, 0.15) is 6.04 Å². The molecule has 8 nitrogen and oxygen atoms in total. The highest BCUT2D eigenvalue weighted by molar-refractivity contribution is 7.92. The summed E-state index contributed by atoms with van der Waals surface area (Å²) in [4.78, 5) is 6.73. The minimum Gasteiger partial charge on any atom is -0.376 e. The average molecular weight is 512 g/mol. The van der Waals surface area contributed by atoms with E-state index in [4.69, 9.17) is 17.0 Å². The number of rotatable bonds is 7. The van der Waals surface area contributed by atoms with Crippen LogP contribution in [-0.4, -0.2) is 42.0 Å². The van der Waals surface area contributed by atoms with Crippen molar-refractivity contribution in [2.24, 2.45) is 0 Å². The molecule has 0 bridgehead atoms. The molecule has 0 radical (unpaired) electrons. The van der Waals surface area contributed by atoms with Crippen molar-refractivity contribution in [2.75, 3.05) is 22.5 Å². The fourth-order valence-corrected chi connectivity index (χ4v) is 5.89.